The maximum atomic E-state index is 12.5. The largest absolute Gasteiger partial charge is 0.490 e. The van der Waals surface area contributed by atoms with Crippen LogP contribution >= 0.6 is 23.2 Å². The van der Waals surface area contributed by atoms with Crippen molar-refractivity contribution in [3.05, 3.63) is 51.5 Å². The Morgan fingerprint density at radius 2 is 1.79 bits per heavy atom. The lowest BCUT2D eigenvalue weighted by Gasteiger charge is -2.15. The Kier molecular flexibility index (Phi) is 6.35. The van der Waals surface area contributed by atoms with E-state index in [-0.39, 0.29) is 5.91 Å². The minimum atomic E-state index is -0.300. The highest BCUT2D eigenvalue weighted by Gasteiger charge is 2.17. The molecule has 0 atom stereocenters. The molecule has 0 spiro atoms. The Morgan fingerprint density at radius 3 is 2.46 bits per heavy atom. The van der Waals surface area contributed by atoms with Crippen molar-refractivity contribution in [2.75, 3.05) is 18.5 Å². The number of halogens is 2. The molecule has 2 aromatic carbocycles. The van der Waals surface area contributed by atoms with Crippen LogP contribution < -0.4 is 14.8 Å². The average Bonchev–Trinajstić information content (AvgIpc) is 2.55. The minimum absolute atomic E-state index is 0.300. The molecule has 128 valence electrons. The molecule has 0 aromatic heterocycles. The van der Waals surface area contributed by atoms with Gasteiger partial charge in [0.2, 0.25) is 0 Å². The summed E-state index contributed by atoms with van der Waals surface area (Å²) in [7, 11) is 0. The molecule has 1 amide bonds. The normalized spacial score (nSPS) is 10.4. The molecule has 2 aromatic rings. The highest BCUT2D eigenvalue weighted by molar-refractivity contribution is 6.33. The van der Waals surface area contributed by atoms with E-state index in [1.165, 1.54) is 0 Å². The average molecular weight is 368 g/mol. The first-order valence-corrected chi connectivity index (χ1v) is 8.39. The van der Waals surface area contributed by atoms with E-state index in [0.717, 1.165) is 5.56 Å². The van der Waals surface area contributed by atoms with Crippen LogP contribution in [0.25, 0.3) is 0 Å². The van der Waals surface area contributed by atoms with Gasteiger partial charge in [0.15, 0.2) is 11.5 Å². The molecule has 0 heterocycles. The molecule has 0 radical (unpaired) electrons. The van der Waals surface area contributed by atoms with Gasteiger partial charge in [0.1, 0.15) is 0 Å². The van der Waals surface area contributed by atoms with E-state index in [4.69, 9.17) is 32.7 Å². The van der Waals surface area contributed by atoms with Crippen molar-refractivity contribution in [1.29, 1.82) is 0 Å². The van der Waals surface area contributed by atoms with Gasteiger partial charge in [-0.3, -0.25) is 4.79 Å². The molecule has 0 aliphatic carbocycles. The Hall–Kier alpha value is -1.91. The third-order valence-corrected chi connectivity index (χ3v) is 4.07. The molecule has 0 aliphatic rings. The number of ether oxygens (including phenoxy) is 2. The van der Waals surface area contributed by atoms with Gasteiger partial charge in [-0.1, -0.05) is 29.3 Å². The second-order valence-corrected chi connectivity index (χ2v) is 5.83. The second-order valence-electron chi connectivity index (χ2n) is 5.02. The van der Waals surface area contributed by atoms with E-state index >= 15 is 0 Å². The second kappa shape index (κ2) is 8.27. The molecule has 0 unspecified atom stereocenters. The Morgan fingerprint density at radius 1 is 1.08 bits per heavy atom. The number of benzene rings is 2. The highest BCUT2D eigenvalue weighted by atomic mass is 35.5. The topological polar surface area (TPSA) is 47.6 Å². The molecule has 24 heavy (non-hydrogen) atoms. The molecule has 4 nitrogen and oxygen atoms in total. The van der Waals surface area contributed by atoms with E-state index in [0.29, 0.717) is 46.0 Å². The Balaban J connectivity index is 2.33. The summed E-state index contributed by atoms with van der Waals surface area (Å²) in [5.74, 6) is 0.586. The molecule has 0 aliphatic heterocycles. The zero-order chi connectivity index (χ0) is 17.7. The summed E-state index contributed by atoms with van der Waals surface area (Å²) >= 11 is 12.3. The first-order chi connectivity index (χ1) is 11.5. The molecule has 1 N–H and O–H groups in total. The molecule has 0 bridgehead atoms. The number of carbonyl (C=O) groups is 1. The molecule has 0 saturated heterocycles. The number of rotatable bonds is 6. The van der Waals surface area contributed by atoms with E-state index in [1.807, 2.05) is 20.8 Å². The molecule has 6 heteroatoms. The first kappa shape index (κ1) is 18.4. The Bertz CT molecular complexity index is 747. The van der Waals surface area contributed by atoms with E-state index < -0.39 is 0 Å². The summed E-state index contributed by atoms with van der Waals surface area (Å²) in [4.78, 5) is 12.5. The van der Waals surface area contributed by atoms with Crippen LogP contribution in [0.15, 0.2) is 30.3 Å². The highest BCUT2D eigenvalue weighted by Crippen LogP contribution is 2.37. The smallest absolute Gasteiger partial charge is 0.255 e. The molecule has 0 saturated carbocycles. The maximum Gasteiger partial charge on any atom is 0.255 e. The minimum Gasteiger partial charge on any atom is -0.490 e. The van der Waals surface area contributed by atoms with Crippen molar-refractivity contribution in [3.63, 3.8) is 0 Å². The molecule has 0 fully saturated rings. The number of hydrogen-bond donors (Lipinski definition) is 1. The van der Waals surface area contributed by atoms with E-state index in [2.05, 4.69) is 5.32 Å². The standard InChI is InChI=1S/C18H19Cl2NO3/c1-4-23-16-10-12(9-14(20)17(16)24-5-2)18(22)21-15-8-6-7-13(19)11(15)3/h6-10H,4-5H2,1-3H3,(H,21,22). The summed E-state index contributed by atoms with van der Waals surface area (Å²) in [5.41, 5.74) is 1.83. The fourth-order valence-corrected chi connectivity index (χ4v) is 2.62. The van der Waals surface area contributed by atoms with Gasteiger partial charge in [-0.25, -0.2) is 0 Å². The van der Waals surface area contributed by atoms with Gasteiger partial charge < -0.3 is 14.8 Å². The van der Waals surface area contributed by atoms with Crippen LogP contribution in [0.2, 0.25) is 10.0 Å². The predicted molar refractivity (Wildman–Crippen MR) is 97.9 cm³/mol. The summed E-state index contributed by atoms with van der Waals surface area (Å²) in [5, 5.41) is 3.76. The first-order valence-electron chi connectivity index (χ1n) is 7.63. The van der Waals surface area contributed by atoms with Crippen LogP contribution in [0, 0.1) is 6.92 Å². The van der Waals surface area contributed by atoms with E-state index in [9.17, 15) is 4.79 Å². The van der Waals surface area contributed by atoms with Gasteiger partial charge in [0.05, 0.1) is 18.2 Å². The summed E-state index contributed by atoms with van der Waals surface area (Å²) in [6.45, 7) is 6.44. The van der Waals surface area contributed by atoms with Crippen molar-refractivity contribution in [2.24, 2.45) is 0 Å². The van der Waals surface area contributed by atoms with Crippen molar-refractivity contribution in [2.45, 2.75) is 20.8 Å². The summed E-state index contributed by atoms with van der Waals surface area (Å²) < 4.78 is 11.0. The van der Waals surface area contributed by atoms with Crippen LogP contribution in [0.3, 0.4) is 0 Å². The number of amides is 1. The maximum absolute atomic E-state index is 12.5. The third-order valence-electron chi connectivity index (χ3n) is 3.38. The van der Waals surface area contributed by atoms with Crippen molar-refractivity contribution < 1.29 is 14.3 Å². The van der Waals surface area contributed by atoms with Gasteiger partial charge in [-0.2, -0.15) is 0 Å². The summed E-state index contributed by atoms with van der Waals surface area (Å²) in [6, 6.07) is 8.52. The number of anilines is 1. The van der Waals surface area contributed by atoms with Gasteiger partial charge in [-0.15, -0.1) is 0 Å². The van der Waals surface area contributed by atoms with Crippen molar-refractivity contribution in [1.82, 2.24) is 0 Å². The molecule has 2 rings (SSSR count). The van der Waals surface area contributed by atoms with Gasteiger partial charge >= 0.3 is 0 Å². The monoisotopic (exact) mass is 367 g/mol. The van der Waals surface area contributed by atoms with Crippen LogP contribution in [0.5, 0.6) is 11.5 Å². The molecular formula is C18H19Cl2NO3. The number of nitrogens with one attached hydrogen (secondary N) is 1. The predicted octanol–water partition coefficient (Wildman–Crippen LogP) is 5.35. The zero-order valence-electron chi connectivity index (χ0n) is 13.8. The number of hydrogen-bond acceptors (Lipinski definition) is 3. The quantitative estimate of drug-likeness (QED) is 0.748. The fourth-order valence-electron chi connectivity index (χ4n) is 2.18. The van der Waals surface area contributed by atoms with Crippen LogP contribution in [-0.4, -0.2) is 19.1 Å². The lowest BCUT2D eigenvalue weighted by molar-refractivity contribution is 0.102. The van der Waals surface area contributed by atoms with Crippen LogP contribution in [0.1, 0.15) is 29.8 Å². The SMILES string of the molecule is CCOc1cc(C(=O)Nc2cccc(Cl)c2C)cc(Cl)c1OCC. The van der Waals surface area contributed by atoms with Crippen LogP contribution in [-0.2, 0) is 0 Å². The number of carbonyl (C=O) groups excluding carboxylic acids is 1. The lowest BCUT2D eigenvalue weighted by Crippen LogP contribution is -2.13. The van der Waals surface area contributed by atoms with Crippen molar-refractivity contribution >= 4 is 34.8 Å². The van der Waals surface area contributed by atoms with Gasteiger partial charge in [0, 0.05) is 16.3 Å². The Labute approximate surface area is 151 Å². The third kappa shape index (κ3) is 4.13. The zero-order valence-corrected chi connectivity index (χ0v) is 15.3. The van der Waals surface area contributed by atoms with Gasteiger partial charge in [0.25, 0.3) is 5.91 Å². The van der Waals surface area contributed by atoms with Crippen LogP contribution in [0.4, 0.5) is 5.69 Å². The van der Waals surface area contributed by atoms with E-state index in [1.54, 1.807) is 30.3 Å². The summed E-state index contributed by atoms with van der Waals surface area (Å²) in [6.07, 6.45) is 0. The molecular weight excluding hydrogens is 349 g/mol. The lowest BCUT2D eigenvalue weighted by atomic mass is 10.1. The fraction of sp³-hybridized carbons (Fsp3) is 0.278. The van der Waals surface area contributed by atoms with Gasteiger partial charge in [-0.05, 0) is 50.6 Å². The van der Waals surface area contributed by atoms with Crippen molar-refractivity contribution in [3.8, 4) is 11.5 Å².